The van der Waals surface area contributed by atoms with Gasteiger partial charge in [0, 0.05) is 12.7 Å². The van der Waals surface area contributed by atoms with Gasteiger partial charge in [0.25, 0.3) is 0 Å². The zero-order valence-electron chi connectivity index (χ0n) is 9.58. The minimum Gasteiger partial charge on any atom is -0.255 e. The van der Waals surface area contributed by atoms with E-state index in [9.17, 15) is 0 Å². The third kappa shape index (κ3) is 7.77. The van der Waals surface area contributed by atoms with Gasteiger partial charge in [0.2, 0.25) is 0 Å². The molecule has 0 aromatic carbocycles. The second kappa shape index (κ2) is 10.2. The van der Waals surface area contributed by atoms with E-state index < -0.39 is 0 Å². The second-order valence-electron chi connectivity index (χ2n) is 3.40. The summed E-state index contributed by atoms with van der Waals surface area (Å²) < 4.78 is 0. The maximum absolute atomic E-state index is 3.92. The Morgan fingerprint density at radius 3 is 2.36 bits per heavy atom. The molecule has 0 aliphatic heterocycles. The van der Waals surface area contributed by atoms with Crippen LogP contribution in [0.4, 0.5) is 0 Å². The molecule has 0 bridgehead atoms. The van der Waals surface area contributed by atoms with E-state index in [0.717, 1.165) is 6.54 Å². The third-order valence-electron chi connectivity index (χ3n) is 2.16. The SMILES string of the molecule is C=CN(CCCCCCCC)/N=N\C. The highest BCUT2D eigenvalue weighted by Gasteiger charge is 1.95. The minimum absolute atomic E-state index is 0.937. The smallest absolute Gasteiger partial charge is 0.0509 e. The van der Waals surface area contributed by atoms with Gasteiger partial charge in [0.05, 0.1) is 7.05 Å². The Kier molecular flexibility index (Phi) is 9.59. The van der Waals surface area contributed by atoms with E-state index in [1.165, 1.54) is 38.5 Å². The first kappa shape index (κ1) is 13.1. The minimum atomic E-state index is 0.937. The maximum Gasteiger partial charge on any atom is 0.0509 e. The zero-order valence-corrected chi connectivity index (χ0v) is 9.58. The van der Waals surface area contributed by atoms with E-state index in [1.54, 1.807) is 18.3 Å². The van der Waals surface area contributed by atoms with Gasteiger partial charge in [0.15, 0.2) is 0 Å². The summed E-state index contributed by atoms with van der Waals surface area (Å²) in [5, 5.41) is 9.42. The van der Waals surface area contributed by atoms with Crippen LogP contribution in [0.25, 0.3) is 0 Å². The van der Waals surface area contributed by atoms with Gasteiger partial charge in [-0.1, -0.05) is 50.8 Å². The van der Waals surface area contributed by atoms with Crippen molar-refractivity contribution < 1.29 is 0 Å². The Balaban J connectivity index is 3.28. The van der Waals surface area contributed by atoms with E-state index >= 15 is 0 Å². The Bertz CT molecular complexity index is 155. The molecular weight excluding hydrogens is 174 g/mol. The van der Waals surface area contributed by atoms with Gasteiger partial charge in [-0.05, 0) is 6.42 Å². The predicted molar refractivity (Wildman–Crippen MR) is 61.1 cm³/mol. The van der Waals surface area contributed by atoms with Crippen LogP contribution in [0.3, 0.4) is 0 Å². The highest BCUT2D eigenvalue weighted by Crippen LogP contribution is 2.06. The summed E-state index contributed by atoms with van der Waals surface area (Å²) >= 11 is 0. The second-order valence-corrected chi connectivity index (χ2v) is 3.40. The fourth-order valence-corrected chi connectivity index (χ4v) is 1.34. The molecule has 14 heavy (non-hydrogen) atoms. The van der Waals surface area contributed by atoms with Crippen LogP contribution in [0, 0.1) is 0 Å². The van der Waals surface area contributed by atoms with Gasteiger partial charge in [0.1, 0.15) is 0 Å². The van der Waals surface area contributed by atoms with Crippen LogP contribution in [-0.4, -0.2) is 18.6 Å². The van der Waals surface area contributed by atoms with Crippen LogP contribution in [0.1, 0.15) is 45.4 Å². The summed E-state index contributed by atoms with van der Waals surface area (Å²) in [6, 6.07) is 0. The van der Waals surface area contributed by atoms with Gasteiger partial charge < -0.3 is 0 Å². The molecule has 0 aromatic rings. The largest absolute Gasteiger partial charge is 0.255 e. The van der Waals surface area contributed by atoms with Crippen molar-refractivity contribution in [3.05, 3.63) is 12.8 Å². The first-order valence-electron chi connectivity index (χ1n) is 5.54. The number of rotatable bonds is 9. The molecule has 82 valence electrons. The molecule has 0 spiro atoms. The molecule has 0 N–H and O–H groups in total. The van der Waals surface area contributed by atoms with Crippen molar-refractivity contribution in [2.75, 3.05) is 13.6 Å². The highest BCUT2D eigenvalue weighted by atomic mass is 15.5. The molecule has 0 saturated carbocycles. The lowest BCUT2D eigenvalue weighted by Gasteiger charge is -2.10. The van der Waals surface area contributed by atoms with Crippen molar-refractivity contribution in [2.45, 2.75) is 45.4 Å². The number of unbranched alkanes of at least 4 members (excludes halogenated alkanes) is 5. The Morgan fingerprint density at radius 1 is 1.14 bits per heavy atom. The molecule has 0 aromatic heterocycles. The van der Waals surface area contributed by atoms with Crippen LogP contribution in [0.15, 0.2) is 23.1 Å². The molecule has 0 radical (unpaired) electrons. The Labute approximate surface area is 87.9 Å². The molecule has 0 fully saturated rings. The molecule has 0 amide bonds. The summed E-state index contributed by atoms with van der Waals surface area (Å²) in [6.07, 6.45) is 9.54. The molecule has 0 rings (SSSR count). The van der Waals surface area contributed by atoms with Gasteiger partial charge in [-0.3, -0.25) is 5.01 Å². The molecule has 0 aliphatic carbocycles. The zero-order chi connectivity index (χ0) is 10.6. The summed E-state index contributed by atoms with van der Waals surface area (Å²) in [7, 11) is 1.68. The van der Waals surface area contributed by atoms with Crippen molar-refractivity contribution in [1.29, 1.82) is 0 Å². The summed E-state index contributed by atoms with van der Waals surface area (Å²) in [4.78, 5) is 0. The third-order valence-corrected chi connectivity index (χ3v) is 2.16. The van der Waals surface area contributed by atoms with Crippen molar-refractivity contribution in [2.24, 2.45) is 10.3 Å². The van der Waals surface area contributed by atoms with E-state index in [-0.39, 0.29) is 0 Å². The average Bonchev–Trinajstić information content (AvgIpc) is 2.21. The van der Waals surface area contributed by atoms with Gasteiger partial charge in [-0.25, -0.2) is 0 Å². The van der Waals surface area contributed by atoms with Crippen molar-refractivity contribution in [1.82, 2.24) is 5.01 Å². The van der Waals surface area contributed by atoms with Crippen LogP contribution in [-0.2, 0) is 0 Å². The van der Waals surface area contributed by atoms with Gasteiger partial charge in [-0.15, -0.1) is 0 Å². The van der Waals surface area contributed by atoms with Crippen molar-refractivity contribution in [3.63, 3.8) is 0 Å². The molecular formula is C11H23N3. The summed E-state index contributed by atoms with van der Waals surface area (Å²) in [6.45, 7) is 6.85. The number of hydrogen-bond acceptors (Lipinski definition) is 2. The van der Waals surface area contributed by atoms with Crippen molar-refractivity contribution in [3.8, 4) is 0 Å². The number of hydrogen-bond donors (Lipinski definition) is 0. The van der Waals surface area contributed by atoms with Gasteiger partial charge in [-0.2, -0.15) is 5.11 Å². The molecule has 0 unspecified atom stereocenters. The summed E-state index contributed by atoms with van der Waals surface area (Å²) in [5.74, 6) is 0. The van der Waals surface area contributed by atoms with E-state index in [2.05, 4.69) is 23.8 Å². The normalized spacial score (nSPS) is 10.7. The molecule has 0 saturated heterocycles. The first-order chi connectivity index (χ1) is 6.85. The lowest BCUT2D eigenvalue weighted by atomic mass is 10.1. The van der Waals surface area contributed by atoms with Crippen LogP contribution < -0.4 is 0 Å². The fraction of sp³-hybridized carbons (Fsp3) is 0.818. The quantitative estimate of drug-likeness (QED) is 0.314. The average molecular weight is 197 g/mol. The van der Waals surface area contributed by atoms with E-state index in [0.29, 0.717) is 0 Å². The van der Waals surface area contributed by atoms with Crippen LogP contribution >= 0.6 is 0 Å². The lowest BCUT2D eigenvalue weighted by Crippen LogP contribution is -2.09. The van der Waals surface area contributed by atoms with Crippen LogP contribution in [0.2, 0.25) is 0 Å². The van der Waals surface area contributed by atoms with Crippen LogP contribution in [0.5, 0.6) is 0 Å². The maximum atomic E-state index is 3.92. The van der Waals surface area contributed by atoms with E-state index in [1.807, 2.05) is 0 Å². The standard InChI is InChI=1S/C11H23N3/c1-4-6-7-8-9-10-11-14(5-2)13-12-3/h5H,2,4,6-11H2,1,3H3/b13-12-. The molecule has 3 heteroatoms. The number of nitrogens with zero attached hydrogens (tertiary/aromatic N) is 3. The van der Waals surface area contributed by atoms with Gasteiger partial charge >= 0.3 is 0 Å². The molecule has 0 atom stereocenters. The Hall–Kier alpha value is -0.860. The molecule has 3 nitrogen and oxygen atoms in total. The highest BCUT2D eigenvalue weighted by molar-refractivity contribution is 4.65. The molecule has 0 aliphatic rings. The topological polar surface area (TPSA) is 28.0 Å². The Morgan fingerprint density at radius 2 is 1.79 bits per heavy atom. The van der Waals surface area contributed by atoms with Crippen molar-refractivity contribution >= 4 is 0 Å². The lowest BCUT2D eigenvalue weighted by molar-refractivity contribution is 0.358. The predicted octanol–water partition coefficient (Wildman–Crippen LogP) is 3.79. The first-order valence-corrected chi connectivity index (χ1v) is 5.54. The fourth-order valence-electron chi connectivity index (χ4n) is 1.34. The monoisotopic (exact) mass is 197 g/mol. The molecule has 0 heterocycles. The van der Waals surface area contributed by atoms with E-state index in [4.69, 9.17) is 0 Å². The summed E-state index contributed by atoms with van der Waals surface area (Å²) in [5.41, 5.74) is 0.